The number of nitro groups is 1. The van der Waals surface area contributed by atoms with Gasteiger partial charge in [-0.05, 0) is 42.5 Å². The first-order valence-electron chi connectivity index (χ1n) is 11.3. The molecule has 5 rings (SSSR count). The maximum Gasteiger partial charge on any atom is 0.270 e. The number of halogens is 1. The number of anilines is 5. The van der Waals surface area contributed by atoms with Crippen molar-refractivity contribution in [3.05, 3.63) is 112 Å². The van der Waals surface area contributed by atoms with Crippen LogP contribution in [-0.4, -0.2) is 26.1 Å². The third-order valence-electron chi connectivity index (χ3n) is 5.10. The normalized spacial score (nSPS) is 10.9. The highest BCUT2D eigenvalue weighted by Crippen LogP contribution is 2.32. The Morgan fingerprint density at radius 2 is 1.42 bits per heavy atom. The van der Waals surface area contributed by atoms with Crippen LogP contribution in [0.1, 0.15) is 5.76 Å². The molecule has 11 nitrogen and oxygen atoms in total. The lowest BCUT2D eigenvalue weighted by Gasteiger charge is -2.10. The van der Waals surface area contributed by atoms with Crippen molar-refractivity contribution in [3.8, 4) is 11.3 Å². The minimum Gasteiger partial charge on any atom is -0.455 e. The van der Waals surface area contributed by atoms with Crippen molar-refractivity contribution in [1.82, 2.24) is 15.0 Å². The first kappa shape index (κ1) is 24.4. The van der Waals surface area contributed by atoms with Crippen LogP contribution in [-0.2, 0) is 0 Å². The summed E-state index contributed by atoms with van der Waals surface area (Å²) in [5.41, 5.74) is 4.71. The molecule has 0 saturated carbocycles. The number of furan rings is 1. The number of nitro benzene ring substituents is 1. The van der Waals surface area contributed by atoms with Gasteiger partial charge in [-0.1, -0.05) is 48.0 Å². The molecule has 5 aromatic rings. The van der Waals surface area contributed by atoms with Gasteiger partial charge in [-0.25, -0.2) is 5.43 Å². The fourth-order valence-corrected chi connectivity index (χ4v) is 3.59. The largest absolute Gasteiger partial charge is 0.455 e. The topological polar surface area (TPSA) is 143 Å². The second-order valence-corrected chi connectivity index (χ2v) is 8.19. The predicted molar refractivity (Wildman–Crippen MR) is 146 cm³/mol. The van der Waals surface area contributed by atoms with Gasteiger partial charge in [0.15, 0.2) is 0 Å². The summed E-state index contributed by atoms with van der Waals surface area (Å²) in [7, 11) is 0. The van der Waals surface area contributed by atoms with Gasteiger partial charge in [0.05, 0.1) is 16.2 Å². The number of nitrogens with zero attached hydrogens (tertiary/aromatic N) is 5. The first-order valence-corrected chi connectivity index (χ1v) is 11.6. The zero-order valence-corrected chi connectivity index (χ0v) is 20.3. The Morgan fingerprint density at radius 1 is 0.816 bits per heavy atom. The Labute approximate surface area is 221 Å². The molecule has 3 aromatic carbocycles. The zero-order valence-electron chi connectivity index (χ0n) is 19.6. The molecule has 3 N–H and O–H groups in total. The number of rotatable bonds is 9. The van der Waals surface area contributed by atoms with Crippen molar-refractivity contribution in [2.45, 2.75) is 0 Å². The highest BCUT2D eigenvalue weighted by Gasteiger charge is 2.14. The lowest BCUT2D eigenvalue weighted by molar-refractivity contribution is -0.384. The second kappa shape index (κ2) is 11.2. The lowest BCUT2D eigenvalue weighted by atomic mass is 10.1. The minimum absolute atomic E-state index is 0.0904. The number of hydrogen-bond donors (Lipinski definition) is 3. The summed E-state index contributed by atoms with van der Waals surface area (Å²) < 4.78 is 5.75. The van der Waals surface area contributed by atoms with Gasteiger partial charge >= 0.3 is 0 Å². The van der Waals surface area contributed by atoms with E-state index in [-0.39, 0.29) is 11.6 Å². The number of benzene rings is 3. The van der Waals surface area contributed by atoms with Crippen LogP contribution in [0, 0.1) is 10.1 Å². The summed E-state index contributed by atoms with van der Waals surface area (Å²) in [6.07, 6.45) is 1.42. The maximum atomic E-state index is 11.1. The Hall–Kier alpha value is -5.29. The van der Waals surface area contributed by atoms with Gasteiger partial charge < -0.3 is 15.1 Å². The molecule has 0 atom stereocenters. The number of nitrogens with one attached hydrogen (secondary N) is 3. The number of non-ortho nitro benzene ring substituents is 1. The standard InChI is InChI=1S/C26H19ClN8O3/c27-22-13-11-19(35(36)37)15-21(22)23-14-12-20(38-23)16-28-34-26-32-24(29-17-7-3-1-4-8-17)31-25(33-26)30-18-9-5-2-6-10-18/h1-16H,(H3,29,30,31,32,33,34)/b28-16-. The zero-order chi connectivity index (χ0) is 26.3. The molecule has 0 radical (unpaired) electrons. The third kappa shape index (κ3) is 6.09. The van der Waals surface area contributed by atoms with E-state index in [1.54, 1.807) is 12.1 Å². The summed E-state index contributed by atoms with van der Waals surface area (Å²) in [6, 6.07) is 26.4. The molecule has 0 aliphatic heterocycles. The molecule has 38 heavy (non-hydrogen) atoms. The van der Waals surface area contributed by atoms with Crippen LogP contribution < -0.4 is 16.1 Å². The van der Waals surface area contributed by atoms with Crippen molar-refractivity contribution in [1.29, 1.82) is 0 Å². The van der Waals surface area contributed by atoms with Crippen molar-refractivity contribution >= 4 is 52.7 Å². The Balaban J connectivity index is 1.35. The molecule has 188 valence electrons. The Morgan fingerprint density at radius 3 is 2.03 bits per heavy atom. The smallest absolute Gasteiger partial charge is 0.270 e. The van der Waals surface area contributed by atoms with Gasteiger partial charge in [-0.15, -0.1) is 0 Å². The van der Waals surface area contributed by atoms with Crippen LogP contribution in [0.3, 0.4) is 0 Å². The van der Waals surface area contributed by atoms with Crippen molar-refractivity contribution < 1.29 is 9.34 Å². The van der Waals surface area contributed by atoms with Crippen LogP contribution in [0.15, 0.2) is 101 Å². The molecule has 0 unspecified atom stereocenters. The molecule has 0 fully saturated rings. The summed E-state index contributed by atoms with van der Waals surface area (Å²) in [6.45, 7) is 0. The number of hydrazone groups is 1. The lowest BCUT2D eigenvalue weighted by Crippen LogP contribution is -2.07. The van der Waals surface area contributed by atoms with E-state index in [9.17, 15) is 10.1 Å². The highest BCUT2D eigenvalue weighted by molar-refractivity contribution is 6.33. The minimum atomic E-state index is -0.494. The van der Waals surface area contributed by atoms with Crippen LogP contribution in [0.25, 0.3) is 11.3 Å². The predicted octanol–water partition coefficient (Wildman–Crippen LogP) is 6.63. The van der Waals surface area contributed by atoms with E-state index in [0.29, 0.717) is 34.0 Å². The van der Waals surface area contributed by atoms with Gasteiger partial charge in [-0.2, -0.15) is 20.1 Å². The molecule has 0 saturated heterocycles. The van der Waals surface area contributed by atoms with E-state index in [1.807, 2.05) is 60.7 Å². The Bertz CT molecular complexity index is 1530. The van der Waals surface area contributed by atoms with Gasteiger partial charge in [-0.3, -0.25) is 10.1 Å². The third-order valence-corrected chi connectivity index (χ3v) is 5.43. The van der Waals surface area contributed by atoms with E-state index in [2.05, 4.69) is 36.1 Å². The molecule has 0 amide bonds. The van der Waals surface area contributed by atoms with Gasteiger partial charge in [0.2, 0.25) is 17.8 Å². The number of para-hydroxylation sites is 2. The molecular weight excluding hydrogens is 508 g/mol. The number of aromatic nitrogens is 3. The molecule has 0 bridgehead atoms. The average Bonchev–Trinajstić information content (AvgIpc) is 3.38. The monoisotopic (exact) mass is 526 g/mol. The van der Waals surface area contributed by atoms with Crippen molar-refractivity contribution in [2.75, 3.05) is 16.1 Å². The summed E-state index contributed by atoms with van der Waals surface area (Å²) in [4.78, 5) is 23.8. The molecule has 0 aliphatic carbocycles. The van der Waals surface area contributed by atoms with Crippen LogP contribution in [0.2, 0.25) is 5.02 Å². The average molecular weight is 527 g/mol. The van der Waals surface area contributed by atoms with Crippen LogP contribution in [0.5, 0.6) is 0 Å². The second-order valence-electron chi connectivity index (χ2n) is 7.78. The van der Waals surface area contributed by atoms with Crippen molar-refractivity contribution in [3.63, 3.8) is 0 Å². The van der Waals surface area contributed by atoms with E-state index in [1.165, 1.54) is 24.4 Å². The van der Waals surface area contributed by atoms with Crippen molar-refractivity contribution in [2.24, 2.45) is 5.10 Å². The molecule has 2 heterocycles. The fraction of sp³-hybridized carbons (Fsp3) is 0. The summed E-state index contributed by atoms with van der Waals surface area (Å²) in [5, 5.41) is 21.9. The highest BCUT2D eigenvalue weighted by atomic mass is 35.5. The molecule has 12 heteroatoms. The first-order chi connectivity index (χ1) is 18.5. The van der Waals surface area contributed by atoms with Gasteiger partial charge in [0.1, 0.15) is 11.5 Å². The van der Waals surface area contributed by atoms with Crippen LogP contribution >= 0.6 is 11.6 Å². The van der Waals surface area contributed by atoms with E-state index in [4.69, 9.17) is 16.0 Å². The van der Waals surface area contributed by atoms with Crippen LogP contribution in [0.4, 0.5) is 34.9 Å². The summed E-state index contributed by atoms with van der Waals surface area (Å²) in [5.74, 6) is 1.55. The van der Waals surface area contributed by atoms with E-state index in [0.717, 1.165) is 11.4 Å². The quantitative estimate of drug-likeness (QED) is 0.109. The molecule has 0 aliphatic rings. The molecule has 0 spiro atoms. The molecule has 2 aromatic heterocycles. The van der Waals surface area contributed by atoms with E-state index < -0.39 is 4.92 Å². The fourth-order valence-electron chi connectivity index (χ4n) is 3.38. The summed E-state index contributed by atoms with van der Waals surface area (Å²) >= 11 is 6.21. The SMILES string of the molecule is O=[N+]([O-])c1ccc(Cl)c(-c2ccc(/C=N\Nc3nc(Nc4ccccc4)nc(Nc4ccccc4)n3)o2)c1. The maximum absolute atomic E-state index is 11.1. The van der Waals surface area contributed by atoms with Gasteiger partial charge in [0.25, 0.3) is 5.69 Å². The van der Waals surface area contributed by atoms with Gasteiger partial charge in [0, 0.05) is 29.1 Å². The Kier molecular flexibility index (Phi) is 7.18. The van der Waals surface area contributed by atoms with E-state index >= 15 is 0 Å². The molecular formula is C26H19ClN8O3. The number of hydrogen-bond acceptors (Lipinski definition) is 10.